The van der Waals surface area contributed by atoms with Crippen LogP contribution in [0, 0.1) is 18.7 Å². The van der Waals surface area contributed by atoms with E-state index in [1.165, 1.54) is 12.1 Å². The van der Waals surface area contributed by atoms with Gasteiger partial charge in [0, 0.05) is 50.7 Å². The first-order chi connectivity index (χ1) is 15.8. The summed E-state index contributed by atoms with van der Waals surface area (Å²) in [5.74, 6) is 1.39. The van der Waals surface area contributed by atoms with E-state index in [0.717, 1.165) is 30.7 Å². The fourth-order valence-corrected chi connectivity index (χ4v) is 4.12. The van der Waals surface area contributed by atoms with Gasteiger partial charge in [-0.05, 0) is 44.2 Å². The number of carbonyl (C=O) groups excluding carboxylic acids is 1. The number of rotatable bonds is 6. The molecule has 0 saturated carbocycles. The topological polar surface area (TPSA) is 90.0 Å². The summed E-state index contributed by atoms with van der Waals surface area (Å²) in [6.07, 6.45) is 2.40. The number of piperidine rings is 1. The van der Waals surface area contributed by atoms with E-state index in [4.69, 9.17) is 16.6 Å². The molecule has 174 valence electrons. The molecule has 1 aliphatic rings. The number of nitrogens with one attached hydrogen (secondary N) is 2. The summed E-state index contributed by atoms with van der Waals surface area (Å²) in [7, 11) is 3.81. The third-order valence-corrected chi connectivity index (χ3v) is 6.00. The van der Waals surface area contributed by atoms with Crippen molar-refractivity contribution in [3.05, 3.63) is 58.1 Å². The first kappa shape index (κ1) is 23.0. The number of carbonyl (C=O) groups is 1. The fourth-order valence-electron chi connectivity index (χ4n) is 3.94. The van der Waals surface area contributed by atoms with Gasteiger partial charge in [-0.25, -0.2) is 9.37 Å². The Bertz CT molecular complexity index is 1140. The number of anilines is 3. The number of halogens is 2. The molecule has 2 N–H and O–H groups in total. The second-order valence-electron chi connectivity index (χ2n) is 8.54. The Labute approximate surface area is 197 Å². The van der Waals surface area contributed by atoms with Crippen molar-refractivity contribution in [2.75, 3.05) is 37.4 Å². The van der Waals surface area contributed by atoms with Crippen molar-refractivity contribution in [3.63, 3.8) is 0 Å². The number of hydrogen-bond acceptors (Lipinski definition) is 6. The highest BCUT2D eigenvalue weighted by Gasteiger charge is 2.26. The third kappa shape index (κ3) is 5.42. The molecule has 8 nitrogen and oxygen atoms in total. The summed E-state index contributed by atoms with van der Waals surface area (Å²) in [5, 5.41) is 10.3. The van der Waals surface area contributed by atoms with Crippen LogP contribution >= 0.6 is 11.6 Å². The summed E-state index contributed by atoms with van der Waals surface area (Å²) < 4.78 is 14.3. The SMILES string of the molecule is Cc1cc(Nc2cc(CC3CCN(C(=O)c4cccc(Cl)c4F)CC3)nc(N(C)C)n2)n[nH]1. The normalized spacial score (nSPS) is 14.4. The molecule has 1 amide bonds. The standard InChI is InChI=1S/C23H27ClFN7O/c1-14-11-20(30-29-14)27-19-13-16(26-23(28-19)31(2)3)12-15-7-9-32(10-8-15)22(33)17-5-4-6-18(24)21(17)25/h4-6,11,13,15H,7-10,12H2,1-3H3,(H2,26,27,28,29,30). The molecule has 0 bridgehead atoms. The molecule has 1 aromatic carbocycles. The molecule has 3 heterocycles. The Morgan fingerprint density at radius 1 is 1.24 bits per heavy atom. The molecule has 33 heavy (non-hydrogen) atoms. The van der Waals surface area contributed by atoms with Gasteiger partial charge < -0.3 is 15.1 Å². The minimum Gasteiger partial charge on any atom is -0.347 e. The zero-order valence-electron chi connectivity index (χ0n) is 18.9. The van der Waals surface area contributed by atoms with Crippen LogP contribution in [-0.2, 0) is 6.42 Å². The van der Waals surface area contributed by atoms with Gasteiger partial charge >= 0.3 is 0 Å². The predicted octanol–water partition coefficient (Wildman–Crippen LogP) is 4.21. The van der Waals surface area contributed by atoms with Gasteiger partial charge in [-0.2, -0.15) is 10.1 Å². The Kier molecular flexibility index (Phi) is 6.78. The number of benzene rings is 1. The quantitative estimate of drug-likeness (QED) is 0.560. The number of nitrogens with zero attached hydrogens (tertiary/aromatic N) is 5. The molecule has 0 atom stereocenters. The van der Waals surface area contributed by atoms with Gasteiger partial charge in [0.2, 0.25) is 5.95 Å². The molecule has 1 saturated heterocycles. The van der Waals surface area contributed by atoms with Gasteiger partial charge in [0.15, 0.2) is 11.6 Å². The molecular weight excluding hydrogens is 445 g/mol. The van der Waals surface area contributed by atoms with E-state index in [9.17, 15) is 9.18 Å². The van der Waals surface area contributed by atoms with Crippen LogP contribution in [0.5, 0.6) is 0 Å². The highest BCUT2D eigenvalue weighted by Crippen LogP contribution is 2.26. The summed E-state index contributed by atoms with van der Waals surface area (Å²) in [4.78, 5) is 25.6. The van der Waals surface area contributed by atoms with Crippen molar-refractivity contribution in [2.24, 2.45) is 5.92 Å². The Morgan fingerprint density at radius 3 is 2.67 bits per heavy atom. The van der Waals surface area contributed by atoms with E-state index in [0.29, 0.717) is 36.6 Å². The number of H-pyrrole nitrogens is 1. The lowest BCUT2D eigenvalue weighted by Crippen LogP contribution is -2.39. The maximum Gasteiger partial charge on any atom is 0.256 e. The van der Waals surface area contributed by atoms with E-state index >= 15 is 0 Å². The molecule has 0 spiro atoms. The monoisotopic (exact) mass is 471 g/mol. The number of likely N-dealkylation sites (tertiary alicyclic amines) is 1. The Hall–Kier alpha value is -3.20. The van der Waals surface area contributed by atoms with Crippen molar-refractivity contribution in [3.8, 4) is 0 Å². The lowest BCUT2D eigenvalue weighted by Gasteiger charge is -2.32. The van der Waals surface area contributed by atoms with Crippen LogP contribution < -0.4 is 10.2 Å². The van der Waals surface area contributed by atoms with E-state index in [1.54, 1.807) is 11.0 Å². The molecule has 2 aromatic heterocycles. The average Bonchev–Trinajstić information content (AvgIpc) is 3.20. The molecule has 0 radical (unpaired) electrons. The van der Waals surface area contributed by atoms with Gasteiger partial charge in [-0.3, -0.25) is 9.89 Å². The van der Waals surface area contributed by atoms with Crippen LogP contribution in [0.15, 0.2) is 30.3 Å². The third-order valence-electron chi connectivity index (χ3n) is 5.71. The molecular formula is C23H27ClFN7O. The van der Waals surface area contributed by atoms with Crippen LogP contribution in [0.3, 0.4) is 0 Å². The van der Waals surface area contributed by atoms with Crippen molar-refractivity contribution < 1.29 is 9.18 Å². The van der Waals surface area contributed by atoms with E-state index in [2.05, 4.69) is 20.5 Å². The molecule has 1 aliphatic heterocycles. The predicted molar refractivity (Wildman–Crippen MR) is 127 cm³/mol. The number of aryl methyl sites for hydroxylation is 1. The minimum atomic E-state index is -0.657. The van der Waals surface area contributed by atoms with Gasteiger partial charge in [0.1, 0.15) is 5.82 Å². The summed E-state index contributed by atoms with van der Waals surface area (Å²) in [5.41, 5.74) is 1.91. The fraction of sp³-hybridized carbons (Fsp3) is 0.391. The average molecular weight is 472 g/mol. The zero-order chi connectivity index (χ0) is 23.5. The lowest BCUT2D eigenvalue weighted by molar-refractivity contribution is 0.0685. The maximum absolute atomic E-state index is 14.3. The zero-order valence-corrected chi connectivity index (χ0v) is 19.7. The summed E-state index contributed by atoms with van der Waals surface area (Å²) in [6.45, 7) is 3.07. The Morgan fingerprint density at radius 2 is 2.00 bits per heavy atom. The highest BCUT2D eigenvalue weighted by molar-refractivity contribution is 6.31. The van der Waals surface area contributed by atoms with Crippen LogP contribution in [0.4, 0.5) is 22.0 Å². The van der Waals surface area contributed by atoms with Crippen molar-refractivity contribution in [2.45, 2.75) is 26.2 Å². The van der Waals surface area contributed by atoms with E-state index in [1.807, 2.05) is 38.1 Å². The number of aromatic amines is 1. The Balaban J connectivity index is 1.42. The number of amides is 1. The molecule has 0 unspecified atom stereocenters. The second kappa shape index (κ2) is 9.74. The van der Waals surface area contributed by atoms with Crippen LogP contribution in [0.25, 0.3) is 0 Å². The first-order valence-electron chi connectivity index (χ1n) is 10.9. The van der Waals surface area contributed by atoms with Crippen molar-refractivity contribution >= 4 is 35.1 Å². The number of aromatic nitrogens is 4. The van der Waals surface area contributed by atoms with Gasteiger partial charge in [-0.1, -0.05) is 17.7 Å². The largest absolute Gasteiger partial charge is 0.347 e. The smallest absolute Gasteiger partial charge is 0.256 e. The van der Waals surface area contributed by atoms with Crippen LogP contribution in [0.1, 0.15) is 34.6 Å². The summed E-state index contributed by atoms with van der Waals surface area (Å²) >= 11 is 5.84. The van der Waals surface area contributed by atoms with Crippen LogP contribution in [0.2, 0.25) is 5.02 Å². The number of hydrogen-bond donors (Lipinski definition) is 2. The molecule has 0 aliphatic carbocycles. The van der Waals surface area contributed by atoms with E-state index < -0.39 is 5.82 Å². The van der Waals surface area contributed by atoms with Crippen molar-refractivity contribution in [1.82, 2.24) is 25.1 Å². The van der Waals surface area contributed by atoms with Gasteiger partial charge in [-0.15, -0.1) is 0 Å². The lowest BCUT2D eigenvalue weighted by atomic mass is 9.91. The van der Waals surface area contributed by atoms with Gasteiger partial charge in [0.05, 0.1) is 10.6 Å². The minimum absolute atomic E-state index is 0.0247. The highest BCUT2D eigenvalue weighted by atomic mass is 35.5. The molecule has 1 fully saturated rings. The van der Waals surface area contributed by atoms with Crippen LogP contribution in [-0.4, -0.2) is 58.2 Å². The second-order valence-corrected chi connectivity index (χ2v) is 8.95. The summed E-state index contributed by atoms with van der Waals surface area (Å²) in [6, 6.07) is 8.37. The first-order valence-corrected chi connectivity index (χ1v) is 11.3. The maximum atomic E-state index is 14.3. The molecule has 3 aromatic rings. The van der Waals surface area contributed by atoms with Crippen molar-refractivity contribution in [1.29, 1.82) is 0 Å². The van der Waals surface area contributed by atoms with Gasteiger partial charge in [0.25, 0.3) is 5.91 Å². The van der Waals surface area contributed by atoms with E-state index in [-0.39, 0.29) is 16.5 Å². The molecule has 10 heteroatoms. The molecule has 4 rings (SSSR count).